The molecule has 0 aliphatic heterocycles. The summed E-state index contributed by atoms with van der Waals surface area (Å²) in [7, 11) is 0. The number of rotatable bonds is 5. The predicted molar refractivity (Wildman–Crippen MR) is 68.8 cm³/mol. The van der Waals surface area contributed by atoms with Crippen LogP contribution in [-0.2, 0) is 0 Å². The minimum absolute atomic E-state index is 0.177. The Morgan fingerprint density at radius 2 is 2.29 bits per heavy atom. The minimum Gasteiger partial charge on any atom is -0.352 e. The average molecular weight is 257 g/mol. The lowest BCUT2D eigenvalue weighted by molar-refractivity contribution is 0.0951. The van der Waals surface area contributed by atoms with Crippen molar-refractivity contribution in [2.24, 2.45) is 11.8 Å². The van der Waals surface area contributed by atoms with Crippen LogP contribution >= 0.6 is 11.6 Å². The molecule has 6 heteroatoms. The highest BCUT2D eigenvalue weighted by atomic mass is 35.5. The number of carbonyl (C=O) groups is 1. The molecule has 1 aromatic rings. The minimum atomic E-state index is -0.177. The van der Waals surface area contributed by atoms with E-state index in [9.17, 15) is 4.79 Å². The Morgan fingerprint density at radius 3 is 2.82 bits per heavy atom. The van der Waals surface area contributed by atoms with Gasteiger partial charge >= 0.3 is 0 Å². The Kier molecular flexibility index (Phi) is 5.18. The first-order chi connectivity index (χ1) is 8.04. The van der Waals surface area contributed by atoms with Gasteiger partial charge in [-0.25, -0.2) is 10.8 Å². The summed E-state index contributed by atoms with van der Waals surface area (Å²) in [5, 5.41) is 3.13. The van der Waals surface area contributed by atoms with Gasteiger partial charge in [-0.15, -0.1) is 0 Å². The molecule has 0 fully saturated rings. The Labute approximate surface area is 106 Å². The SMILES string of the molecule is CC(C)CCNC(=O)c1cnc(NN)c(Cl)c1. The molecule has 0 aromatic carbocycles. The van der Waals surface area contributed by atoms with E-state index in [1.54, 1.807) is 0 Å². The summed E-state index contributed by atoms with van der Waals surface area (Å²) in [4.78, 5) is 15.6. The van der Waals surface area contributed by atoms with Gasteiger partial charge in [-0.1, -0.05) is 25.4 Å². The number of carbonyl (C=O) groups excluding carboxylic acids is 1. The van der Waals surface area contributed by atoms with Gasteiger partial charge in [0.15, 0.2) is 5.82 Å². The number of aromatic nitrogens is 1. The fourth-order valence-corrected chi connectivity index (χ4v) is 1.47. The number of hydrogen-bond acceptors (Lipinski definition) is 4. The molecule has 17 heavy (non-hydrogen) atoms. The summed E-state index contributed by atoms with van der Waals surface area (Å²) in [5.41, 5.74) is 2.77. The molecular formula is C11H17ClN4O. The van der Waals surface area contributed by atoms with Crippen molar-refractivity contribution in [3.63, 3.8) is 0 Å². The first kappa shape index (κ1) is 13.7. The van der Waals surface area contributed by atoms with Crippen LogP contribution in [0, 0.1) is 5.92 Å². The second-order valence-corrected chi connectivity index (χ2v) is 4.54. The predicted octanol–water partition coefficient (Wildman–Crippen LogP) is 1.80. The Balaban J connectivity index is 2.60. The van der Waals surface area contributed by atoms with E-state index in [0.29, 0.717) is 28.9 Å². The molecule has 0 saturated heterocycles. The maximum absolute atomic E-state index is 11.7. The number of hydrazine groups is 1. The number of anilines is 1. The van der Waals surface area contributed by atoms with Crippen molar-refractivity contribution in [3.8, 4) is 0 Å². The average Bonchev–Trinajstić information content (AvgIpc) is 2.28. The van der Waals surface area contributed by atoms with Crippen LogP contribution in [0.5, 0.6) is 0 Å². The maximum Gasteiger partial charge on any atom is 0.252 e. The van der Waals surface area contributed by atoms with Crippen LogP contribution in [0.15, 0.2) is 12.3 Å². The van der Waals surface area contributed by atoms with Crippen LogP contribution in [0.25, 0.3) is 0 Å². The van der Waals surface area contributed by atoms with Gasteiger partial charge in [-0.2, -0.15) is 0 Å². The largest absolute Gasteiger partial charge is 0.352 e. The van der Waals surface area contributed by atoms with E-state index in [1.165, 1.54) is 12.3 Å². The van der Waals surface area contributed by atoms with E-state index in [0.717, 1.165) is 6.42 Å². The van der Waals surface area contributed by atoms with Gasteiger partial charge in [-0.3, -0.25) is 4.79 Å². The lowest BCUT2D eigenvalue weighted by Crippen LogP contribution is -2.25. The summed E-state index contributed by atoms with van der Waals surface area (Å²) in [5.74, 6) is 5.92. The van der Waals surface area contributed by atoms with Crippen LogP contribution in [0.1, 0.15) is 30.6 Å². The molecule has 4 N–H and O–H groups in total. The summed E-state index contributed by atoms with van der Waals surface area (Å²) in [6, 6.07) is 1.54. The molecule has 0 saturated carbocycles. The van der Waals surface area contributed by atoms with Gasteiger partial charge < -0.3 is 10.7 Å². The zero-order valence-corrected chi connectivity index (χ0v) is 10.7. The van der Waals surface area contributed by atoms with Gasteiger partial charge in [-0.05, 0) is 18.4 Å². The zero-order chi connectivity index (χ0) is 12.8. The molecule has 1 aromatic heterocycles. The van der Waals surface area contributed by atoms with Crippen LogP contribution in [0.2, 0.25) is 5.02 Å². The summed E-state index contributed by atoms with van der Waals surface area (Å²) < 4.78 is 0. The van der Waals surface area contributed by atoms with Gasteiger partial charge in [0.25, 0.3) is 5.91 Å². The molecule has 0 unspecified atom stereocenters. The van der Waals surface area contributed by atoms with Gasteiger partial charge in [0.05, 0.1) is 10.6 Å². The number of nitrogen functional groups attached to an aromatic ring is 1. The van der Waals surface area contributed by atoms with Gasteiger partial charge in [0, 0.05) is 12.7 Å². The van der Waals surface area contributed by atoms with E-state index in [1.807, 2.05) is 0 Å². The fourth-order valence-electron chi connectivity index (χ4n) is 1.24. The van der Waals surface area contributed by atoms with E-state index in [-0.39, 0.29) is 5.91 Å². The molecule has 1 amide bonds. The van der Waals surface area contributed by atoms with Crippen LogP contribution in [-0.4, -0.2) is 17.4 Å². The van der Waals surface area contributed by atoms with E-state index in [4.69, 9.17) is 17.4 Å². The molecule has 0 radical (unpaired) electrons. The van der Waals surface area contributed by atoms with Crippen molar-refractivity contribution < 1.29 is 4.79 Å². The number of hydrogen-bond donors (Lipinski definition) is 3. The van der Waals surface area contributed by atoms with Crippen LogP contribution < -0.4 is 16.6 Å². The summed E-state index contributed by atoms with van der Waals surface area (Å²) >= 11 is 5.87. The first-order valence-electron chi connectivity index (χ1n) is 5.45. The number of pyridine rings is 1. The molecule has 1 heterocycles. The monoisotopic (exact) mass is 256 g/mol. The van der Waals surface area contributed by atoms with Crippen molar-refractivity contribution in [3.05, 3.63) is 22.8 Å². The number of amides is 1. The Morgan fingerprint density at radius 1 is 1.59 bits per heavy atom. The normalized spacial score (nSPS) is 10.4. The third-order valence-corrected chi connectivity index (χ3v) is 2.54. The Bertz CT molecular complexity index is 395. The highest BCUT2D eigenvalue weighted by Gasteiger charge is 2.09. The standard InChI is InChI=1S/C11H17ClN4O/c1-7(2)3-4-14-11(17)8-5-9(12)10(16-13)15-6-8/h5-7H,3-4,13H2,1-2H3,(H,14,17)(H,15,16). The number of halogens is 1. The van der Waals surface area contributed by atoms with Crippen molar-refractivity contribution in [2.75, 3.05) is 12.0 Å². The lowest BCUT2D eigenvalue weighted by atomic mass is 10.1. The fraction of sp³-hybridized carbons (Fsp3) is 0.455. The topological polar surface area (TPSA) is 80.0 Å². The third-order valence-electron chi connectivity index (χ3n) is 2.25. The first-order valence-corrected chi connectivity index (χ1v) is 5.82. The molecule has 0 spiro atoms. The smallest absolute Gasteiger partial charge is 0.252 e. The molecule has 0 atom stereocenters. The van der Waals surface area contributed by atoms with E-state index < -0.39 is 0 Å². The van der Waals surface area contributed by atoms with Gasteiger partial charge in [0.2, 0.25) is 0 Å². The second-order valence-electron chi connectivity index (χ2n) is 4.14. The molecule has 0 bridgehead atoms. The summed E-state index contributed by atoms with van der Waals surface area (Å²) in [6.07, 6.45) is 2.38. The van der Waals surface area contributed by atoms with E-state index >= 15 is 0 Å². The highest BCUT2D eigenvalue weighted by molar-refractivity contribution is 6.33. The number of nitrogens with two attached hydrogens (primary N) is 1. The molecule has 5 nitrogen and oxygen atoms in total. The van der Waals surface area contributed by atoms with Crippen molar-refractivity contribution >= 4 is 23.3 Å². The molecular weight excluding hydrogens is 240 g/mol. The number of nitrogens with one attached hydrogen (secondary N) is 2. The third kappa shape index (κ3) is 4.20. The summed E-state index contributed by atoms with van der Waals surface area (Å²) in [6.45, 7) is 4.85. The van der Waals surface area contributed by atoms with Gasteiger partial charge in [0.1, 0.15) is 0 Å². The zero-order valence-electron chi connectivity index (χ0n) is 9.96. The quantitative estimate of drug-likeness (QED) is 0.554. The molecule has 94 valence electrons. The van der Waals surface area contributed by atoms with Crippen molar-refractivity contribution in [1.29, 1.82) is 0 Å². The highest BCUT2D eigenvalue weighted by Crippen LogP contribution is 2.18. The second kappa shape index (κ2) is 6.42. The lowest BCUT2D eigenvalue weighted by Gasteiger charge is -2.08. The molecule has 1 rings (SSSR count). The van der Waals surface area contributed by atoms with E-state index in [2.05, 4.69) is 29.6 Å². The van der Waals surface area contributed by atoms with Crippen LogP contribution in [0.4, 0.5) is 5.82 Å². The Hall–Kier alpha value is -1.33. The molecule has 0 aliphatic carbocycles. The number of nitrogens with zero attached hydrogens (tertiary/aromatic N) is 1. The van der Waals surface area contributed by atoms with Crippen molar-refractivity contribution in [1.82, 2.24) is 10.3 Å². The maximum atomic E-state index is 11.7. The van der Waals surface area contributed by atoms with Crippen LogP contribution in [0.3, 0.4) is 0 Å². The molecule has 0 aliphatic rings. The van der Waals surface area contributed by atoms with Crippen molar-refractivity contribution in [2.45, 2.75) is 20.3 Å².